The minimum atomic E-state index is -0.302. The van der Waals surface area contributed by atoms with E-state index in [2.05, 4.69) is 20.8 Å². The van der Waals surface area contributed by atoms with Crippen LogP contribution in [-0.2, 0) is 6.61 Å². The van der Waals surface area contributed by atoms with E-state index in [1.165, 1.54) is 11.3 Å². The lowest BCUT2D eigenvalue weighted by molar-refractivity contribution is 0.0955. The van der Waals surface area contributed by atoms with Gasteiger partial charge in [-0.25, -0.2) is 10.4 Å². The van der Waals surface area contributed by atoms with Gasteiger partial charge >= 0.3 is 0 Å². The third-order valence-corrected chi connectivity index (χ3v) is 6.88. The van der Waals surface area contributed by atoms with E-state index in [4.69, 9.17) is 27.9 Å². The molecule has 9 heteroatoms. The van der Waals surface area contributed by atoms with Crippen molar-refractivity contribution < 1.29 is 9.53 Å². The Bertz CT molecular complexity index is 1570. The van der Waals surface area contributed by atoms with Crippen LogP contribution in [0.25, 0.3) is 11.3 Å². The second-order valence-corrected chi connectivity index (χ2v) is 10.2. The number of thiazole rings is 1. The van der Waals surface area contributed by atoms with Crippen molar-refractivity contribution in [3.05, 3.63) is 129 Å². The predicted molar refractivity (Wildman–Crippen MR) is 160 cm³/mol. The van der Waals surface area contributed by atoms with Crippen molar-refractivity contribution in [3.8, 4) is 17.0 Å². The maximum atomic E-state index is 12.5. The molecule has 6 nitrogen and oxygen atoms in total. The molecule has 5 rings (SSSR count). The third kappa shape index (κ3) is 7.45. The van der Waals surface area contributed by atoms with Crippen molar-refractivity contribution in [2.24, 2.45) is 5.10 Å². The van der Waals surface area contributed by atoms with Crippen LogP contribution in [-0.4, -0.2) is 17.1 Å². The quantitative estimate of drug-likeness (QED) is 0.138. The minimum absolute atomic E-state index is 0.302. The molecule has 0 atom stereocenters. The molecule has 0 aliphatic heterocycles. The van der Waals surface area contributed by atoms with Gasteiger partial charge in [-0.15, -0.1) is 11.3 Å². The zero-order valence-electron chi connectivity index (χ0n) is 20.5. The minimum Gasteiger partial charge on any atom is -0.489 e. The molecule has 39 heavy (non-hydrogen) atoms. The van der Waals surface area contributed by atoms with Crippen molar-refractivity contribution in [2.45, 2.75) is 6.61 Å². The lowest BCUT2D eigenvalue weighted by atomic mass is 10.1. The molecule has 1 amide bonds. The number of aromatic nitrogens is 1. The van der Waals surface area contributed by atoms with Crippen LogP contribution in [0.2, 0.25) is 10.0 Å². The van der Waals surface area contributed by atoms with Crippen LogP contribution >= 0.6 is 34.5 Å². The summed E-state index contributed by atoms with van der Waals surface area (Å²) in [6, 6.07) is 29.6. The molecule has 0 fully saturated rings. The van der Waals surface area contributed by atoms with E-state index in [1.54, 1.807) is 18.3 Å². The maximum Gasteiger partial charge on any atom is 0.271 e. The smallest absolute Gasteiger partial charge is 0.271 e. The SMILES string of the molecule is O=C(N/N=C\c1ccc(OCc2ccc(Cl)cc2)cc1)c1ccc(-c2csc(Nc3ccc(Cl)cc3)n2)cc1. The first kappa shape index (κ1) is 26.4. The van der Waals surface area contributed by atoms with Crippen molar-refractivity contribution in [1.82, 2.24) is 10.4 Å². The van der Waals surface area contributed by atoms with E-state index < -0.39 is 0 Å². The number of carbonyl (C=O) groups is 1. The first-order valence-electron chi connectivity index (χ1n) is 11.9. The van der Waals surface area contributed by atoms with Gasteiger partial charge in [0, 0.05) is 32.2 Å². The third-order valence-electron chi connectivity index (χ3n) is 5.62. The Morgan fingerprint density at radius 3 is 2.23 bits per heavy atom. The highest BCUT2D eigenvalue weighted by molar-refractivity contribution is 7.14. The lowest BCUT2D eigenvalue weighted by Crippen LogP contribution is -2.17. The number of ether oxygens (including phenoxy) is 1. The Kier molecular flexibility index (Phi) is 8.53. The molecular formula is C30H22Cl2N4O2S. The van der Waals surface area contributed by atoms with Gasteiger partial charge in [0.15, 0.2) is 5.13 Å². The molecule has 0 unspecified atom stereocenters. The van der Waals surface area contributed by atoms with Gasteiger partial charge < -0.3 is 10.1 Å². The topological polar surface area (TPSA) is 75.6 Å². The average Bonchev–Trinajstić information content (AvgIpc) is 3.43. The largest absolute Gasteiger partial charge is 0.489 e. The van der Waals surface area contributed by atoms with Crippen molar-refractivity contribution in [2.75, 3.05) is 5.32 Å². The Hall–Kier alpha value is -4.17. The van der Waals surface area contributed by atoms with Crippen LogP contribution < -0.4 is 15.5 Å². The molecule has 0 radical (unpaired) electrons. The van der Waals surface area contributed by atoms with Gasteiger partial charge in [-0.2, -0.15) is 5.10 Å². The Morgan fingerprint density at radius 1 is 0.872 bits per heavy atom. The Labute approximate surface area is 239 Å². The normalized spacial score (nSPS) is 10.9. The zero-order valence-corrected chi connectivity index (χ0v) is 22.8. The van der Waals surface area contributed by atoms with E-state index in [1.807, 2.05) is 90.3 Å². The molecule has 4 aromatic carbocycles. The Morgan fingerprint density at radius 2 is 1.54 bits per heavy atom. The van der Waals surface area contributed by atoms with Gasteiger partial charge in [0.2, 0.25) is 0 Å². The zero-order chi connectivity index (χ0) is 27.0. The van der Waals surface area contributed by atoms with Crippen molar-refractivity contribution >= 4 is 57.5 Å². The summed E-state index contributed by atoms with van der Waals surface area (Å²) >= 11 is 13.4. The van der Waals surface area contributed by atoms with Crippen LogP contribution in [0.1, 0.15) is 21.5 Å². The lowest BCUT2D eigenvalue weighted by Gasteiger charge is -2.06. The highest BCUT2D eigenvalue weighted by atomic mass is 35.5. The van der Waals surface area contributed by atoms with Crippen molar-refractivity contribution in [3.63, 3.8) is 0 Å². The molecule has 1 heterocycles. The molecule has 0 aliphatic carbocycles. The second-order valence-electron chi connectivity index (χ2n) is 8.43. The molecule has 0 aliphatic rings. The average molecular weight is 574 g/mol. The highest BCUT2D eigenvalue weighted by Gasteiger charge is 2.08. The number of nitrogens with zero attached hydrogens (tertiary/aromatic N) is 2. The summed E-state index contributed by atoms with van der Waals surface area (Å²) in [5.41, 5.74) is 7.56. The number of rotatable bonds is 9. The summed E-state index contributed by atoms with van der Waals surface area (Å²) < 4.78 is 5.79. The summed E-state index contributed by atoms with van der Waals surface area (Å²) in [5.74, 6) is 0.434. The fourth-order valence-electron chi connectivity index (χ4n) is 3.54. The summed E-state index contributed by atoms with van der Waals surface area (Å²) in [6.45, 7) is 0.448. The first-order chi connectivity index (χ1) is 19.0. The highest BCUT2D eigenvalue weighted by Crippen LogP contribution is 2.28. The molecular weight excluding hydrogens is 551 g/mol. The second kappa shape index (κ2) is 12.6. The van der Waals surface area contributed by atoms with Crippen LogP contribution in [0.5, 0.6) is 5.75 Å². The fourth-order valence-corrected chi connectivity index (χ4v) is 4.53. The number of hydrogen-bond acceptors (Lipinski definition) is 6. The van der Waals surface area contributed by atoms with Crippen LogP contribution in [0.3, 0.4) is 0 Å². The Balaban J connectivity index is 1.11. The monoisotopic (exact) mass is 572 g/mol. The van der Waals surface area contributed by atoms with E-state index in [0.29, 0.717) is 22.2 Å². The number of halogens is 2. The van der Waals surface area contributed by atoms with Crippen LogP contribution in [0, 0.1) is 0 Å². The molecule has 0 bridgehead atoms. The van der Waals surface area contributed by atoms with Crippen LogP contribution in [0.4, 0.5) is 10.8 Å². The van der Waals surface area contributed by atoms with E-state index in [9.17, 15) is 4.79 Å². The number of amides is 1. The van der Waals surface area contributed by atoms with Gasteiger partial charge in [-0.3, -0.25) is 4.79 Å². The van der Waals surface area contributed by atoms with Gasteiger partial charge in [0.1, 0.15) is 12.4 Å². The molecule has 5 aromatic rings. The van der Waals surface area contributed by atoms with Gasteiger partial charge in [0.25, 0.3) is 5.91 Å². The summed E-state index contributed by atoms with van der Waals surface area (Å²) in [4.78, 5) is 17.2. The van der Waals surface area contributed by atoms with Gasteiger partial charge in [-0.05, 0) is 83.9 Å². The fraction of sp³-hybridized carbons (Fsp3) is 0.0333. The van der Waals surface area contributed by atoms with Gasteiger partial charge in [-0.1, -0.05) is 47.5 Å². The molecule has 0 saturated heterocycles. The predicted octanol–water partition coefficient (Wildman–Crippen LogP) is 8.20. The molecule has 2 N–H and O–H groups in total. The maximum absolute atomic E-state index is 12.5. The molecule has 1 aromatic heterocycles. The number of nitrogens with one attached hydrogen (secondary N) is 2. The number of carbonyl (C=O) groups excluding carboxylic acids is 1. The number of benzene rings is 4. The number of anilines is 2. The van der Waals surface area contributed by atoms with Crippen LogP contribution in [0.15, 0.2) is 108 Å². The standard InChI is InChI=1S/C30H22Cl2N4O2S/c31-24-9-1-21(2-10-24)18-38-27-15-3-20(4-16-27)17-33-36-29(37)23-7-5-22(6-8-23)28-19-39-30(35-28)34-26-13-11-25(32)12-14-26/h1-17,19H,18H2,(H,34,35)(H,36,37)/b33-17-. The van der Waals surface area contributed by atoms with E-state index in [-0.39, 0.29) is 5.91 Å². The molecule has 0 saturated carbocycles. The molecule has 0 spiro atoms. The van der Waals surface area contributed by atoms with Crippen molar-refractivity contribution in [1.29, 1.82) is 0 Å². The summed E-state index contributed by atoms with van der Waals surface area (Å²) in [7, 11) is 0. The number of hydrazone groups is 1. The van der Waals surface area contributed by atoms with Gasteiger partial charge in [0.05, 0.1) is 11.9 Å². The molecule has 194 valence electrons. The summed E-state index contributed by atoms with van der Waals surface area (Å²) in [5, 5.41) is 11.4. The van der Waals surface area contributed by atoms with E-state index in [0.717, 1.165) is 39.0 Å². The number of hydrogen-bond donors (Lipinski definition) is 2. The van der Waals surface area contributed by atoms with E-state index >= 15 is 0 Å². The first-order valence-corrected chi connectivity index (χ1v) is 13.5. The summed E-state index contributed by atoms with van der Waals surface area (Å²) in [6.07, 6.45) is 1.58.